The van der Waals surface area contributed by atoms with Gasteiger partial charge in [-0.15, -0.1) is 6.58 Å². The molecule has 0 aromatic heterocycles. The van der Waals surface area contributed by atoms with Crippen molar-refractivity contribution >= 4 is 6.09 Å². The van der Waals surface area contributed by atoms with E-state index in [0.29, 0.717) is 12.5 Å². The van der Waals surface area contributed by atoms with E-state index in [4.69, 9.17) is 4.74 Å². The molecule has 0 saturated carbocycles. The maximum atomic E-state index is 12.4. The zero-order chi connectivity index (χ0) is 19.2. The minimum absolute atomic E-state index is 0.184. The Bertz CT molecular complexity index is 582. The second kappa shape index (κ2) is 8.75. The zero-order valence-electron chi connectivity index (χ0n) is 17.0. The molecule has 3 nitrogen and oxygen atoms in total. The number of allylic oxidation sites excluding steroid dienone is 1. The highest BCUT2D eigenvalue weighted by molar-refractivity contribution is 5.67. The molecule has 1 heterocycles. The van der Waals surface area contributed by atoms with E-state index in [-0.39, 0.29) is 16.9 Å². The van der Waals surface area contributed by atoms with Gasteiger partial charge in [0.1, 0.15) is 6.61 Å². The van der Waals surface area contributed by atoms with Crippen LogP contribution in [0.4, 0.5) is 4.79 Å². The normalized spacial score (nSPS) is 18.2. The number of amides is 1. The van der Waals surface area contributed by atoms with Crippen LogP contribution in [0.1, 0.15) is 58.9 Å². The number of carbonyl (C=O) groups is 1. The summed E-state index contributed by atoms with van der Waals surface area (Å²) in [5, 5.41) is 0. The Morgan fingerprint density at radius 3 is 2.35 bits per heavy atom. The van der Waals surface area contributed by atoms with Gasteiger partial charge in [0.05, 0.1) is 0 Å². The summed E-state index contributed by atoms with van der Waals surface area (Å²) in [6, 6.07) is 9.85. The second-order valence-electron chi connectivity index (χ2n) is 8.80. The van der Waals surface area contributed by atoms with Crippen molar-refractivity contribution < 1.29 is 9.53 Å². The van der Waals surface area contributed by atoms with Crippen LogP contribution in [0.2, 0.25) is 0 Å². The molecule has 0 aliphatic carbocycles. The van der Waals surface area contributed by atoms with Gasteiger partial charge >= 0.3 is 6.09 Å². The number of ether oxygens (including phenoxy) is 1. The van der Waals surface area contributed by atoms with Crippen LogP contribution in [0.3, 0.4) is 0 Å². The molecule has 2 rings (SSSR count). The molecule has 1 aliphatic rings. The topological polar surface area (TPSA) is 29.5 Å². The Kier molecular flexibility index (Phi) is 6.91. The third-order valence-electron chi connectivity index (χ3n) is 6.44. The molecule has 0 bridgehead atoms. The highest BCUT2D eigenvalue weighted by atomic mass is 16.6. The van der Waals surface area contributed by atoms with Gasteiger partial charge in [-0.2, -0.15) is 0 Å². The third kappa shape index (κ3) is 4.90. The predicted octanol–water partition coefficient (Wildman–Crippen LogP) is 6.05. The molecule has 144 valence electrons. The molecule has 1 amide bonds. The summed E-state index contributed by atoms with van der Waals surface area (Å²) in [7, 11) is 0. The molecular formula is C23H35NO2. The quantitative estimate of drug-likeness (QED) is 0.580. The minimum atomic E-state index is -0.184. The summed E-state index contributed by atoms with van der Waals surface area (Å²) in [4.78, 5) is 14.3. The average molecular weight is 358 g/mol. The summed E-state index contributed by atoms with van der Waals surface area (Å²) in [5.41, 5.74) is 1.51. The lowest BCUT2D eigenvalue weighted by Gasteiger charge is -2.50. The number of nitrogens with zero attached hydrogens (tertiary/aromatic N) is 1. The van der Waals surface area contributed by atoms with E-state index < -0.39 is 0 Å². The molecule has 0 radical (unpaired) electrons. The molecule has 1 atom stereocenters. The van der Waals surface area contributed by atoms with E-state index >= 15 is 0 Å². The van der Waals surface area contributed by atoms with Gasteiger partial charge in [-0.05, 0) is 48.0 Å². The average Bonchev–Trinajstić information content (AvgIpc) is 2.64. The van der Waals surface area contributed by atoms with Crippen LogP contribution < -0.4 is 0 Å². The molecule has 1 aliphatic heterocycles. The molecule has 26 heavy (non-hydrogen) atoms. The van der Waals surface area contributed by atoms with Crippen molar-refractivity contribution in [2.75, 3.05) is 13.1 Å². The van der Waals surface area contributed by atoms with Crippen molar-refractivity contribution in [3.05, 3.63) is 48.6 Å². The molecule has 0 N–H and O–H groups in total. The van der Waals surface area contributed by atoms with Crippen LogP contribution in [-0.4, -0.2) is 24.1 Å². The van der Waals surface area contributed by atoms with Gasteiger partial charge in [-0.25, -0.2) is 4.79 Å². The molecule has 0 spiro atoms. The van der Waals surface area contributed by atoms with Crippen molar-refractivity contribution in [1.82, 2.24) is 4.90 Å². The SMILES string of the molecule is C=CCCC(C)(C1CCN(C(=O)OCc2ccccc2)CC1)C(C)(C)C. The Hall–Kier alpha value is -1.77. The molecular weight excluding hydrogens is 322 g/mol. The van der Waals surface area contributed by atoms with Crippen molar-refractivity contribution in [3.8, 4) is 0 Å². The van der Waals surface area contributed by atoms with E-state index in [9.17, 15) is 4.79 Å². The fourth-order valence-electron chi connectivity index (χ4n) is 4.10. The van der Waals surface area contributed by atoms with Crippen molar-refractivity contribution in [2.45, 2.75) is 60.0 Å². The molecule has 1 fully saturated rings. The fraction of sp³-hybridized carbons (Fsp3) is 0.609. The number of hydrogen-bond donors (Lipinski definition) is 0. The van der Waals surface area contributed by atoms with Gasteiger partial charge in [0.25, 0.3) is 0 Å². The first kappa shape index (κ1) is 20.5. The number of piperidine rings is 1. The van der Waals surface area contributed by atoms with Gasteiger partial charge in [-0.1, -0.05) is 64.1 Å². The zero-order valence-corrected chi connectivity index (χ0v) is 17.0. The largest absolute Gasteiger partial charge is 0.445 e. The Balaban J connectivity index is 1.90. The first-order chi connectivity index (χ1) is 12.3. The Morgan fingerprint density at radius 1 is 1.19 bits per heavy atom. The summed E-state index contributed by atoms with van der Waals surface area (Å²) in [6.45, 7) is 15.3. The number of benzene rings is 1. The molecule has 3 heteroatoms. The summed E-state index contributed by atoms with van der Waals surface area (Å²) >= 11 is 0. The highest BCUT2D eigenvalue weighted by Gasteiger charge is 2.44. The summed E-state index contributed by atoms with van der Waals surface area (Å²) < 4.78 is 5.49. The van der Waals surface area contributed by atoms with E-state index in [2.05, 4.69) is 34.3 Å². The van der Waals surface area contributed by atoms with Crippen LogP contribution in [-0.2, 0) is 11.3 Å². The van der Waals surface area contributed by atoms with Gasteiger partial charge < -0.3 is 9.64 Å². The lowest BCUT2D eigenvalue weighted by atomic mass is 9.56. The Labute approximate surface area is 159 Å². The maximum absolute atomic E-state index is 12.4. The number of carbonyl (C=O) groups excluding carboxylic acids is 1. The van der Waals surface area contributed by atoms with Crippen molar-refractivity contribution in [1.29, 1.82) is 0 Å². The third-order valence-corrected chi connectivity index (χ3v) is 6.44. The van der Waals surface area contributed by atoms with Crippen molar-refractivity contribution in [2.24, 2.45) is 16.7 Å². The molecule has 1 aromatic rings. The first-order valence-corrected chi connectivity index (χ1v) is 9.84. The fourth-order valence-corrected chi connectivity index (χ4v) is 4.10. The Morgan fingerprint density at radius 2 is 1.81 bits per heavy atom. The summed E-state index contributed by atoms with van der Waals surface area (Å²) in [5.74, 6) is 0.626. The van der Waals surface area contributed by atoms with E-state index in [1.807, 2.05) is 41.3 Å². The van der Waals surface area contributed by atoms with Crippen LogP contribution in [0.5, 0.6) is 0 Å². The maximum Gasteiger partial charge on any atom is 0.410 e. The first-order valence-electron chi connectivity index (χ1n) is 9.84. The van der Waals surface area contributed by atoms with Crippen LogP contribution in [0.25, 0.3) is 0 Å². The molecule has 1 unspecified atom stereocenters. The number of hydrogen-bond acceptors (Lipinski definition) is 2. The lowest BCUT2D eigenvalue weighted by molar-refractivity contribution is -0.00996. The minimum Gasteiger partial charge on any atom is -0.445 e. The lowest BCUT2D eigenvalue weighted by Crippen LogP contribution is -2.47. The van der Waals surface area contributed by atoms with E-state index in [0.717, 1.165) is 44.3 Å². The second-order valence-corrected chi connectivity index (χ2v) is 8.80. The van der Waals surface area contributed by atoms with E-state index in [1.54, 1.807) is 0 Å². The molecule has 1 aromatic carbocycles. The standard InChI is InChI=1S/C23H35NO2/c1-6-7-15-23(5,22(2,3)4)20-13-16-24(17-14-20)21(25)26-18-19-11-9-8-10-12-19/h6,8-12,20H,1,7,13-18H2,2-5H3. The van der Waals surface area contributed by atoms with Gasteiger partial charge in [0.2, 0.25) is 0 Å². The smallest absolute Gasteiger partial charge is 0.410 e. The number of rotatable bonds is 6. The van der Waals surface area contributed by atoms with Crippen LogP contribution in [0.15, 0.2) is 43.0 Å². The number of likely N-dealkylation sites (tertiary alicyclic amines) is 1. The van der Waals surface area contributed by atoms with Crippen molar-refractivity contribution in [3.63, 3.8) is 0 Å². The van der Waals surface area contributed by atoms with Crippen LogP contribution in [0, 0.1) is 16.7 Å². The highest BCUT2D eigenvalue weighted by Crippen LogP contribution is 2.51. The monoisotopic (exact) mass is 357 g/mol. The van der Waals surface area contributed by atoms with Gasteiger partial charge in [0, 0.05) is 13.1 Å². The van der Waals surface area contributed by atoms with Gasteiger partial charge in [-0.3, -0.25) is 0 Å². The summed E-state index contributed by atoms with van der Waals surface area (Å²) in [6.07, 6.45) is 6.14. The van der Waals surface area contributed by atoms with Crippen LogP contribution >= 0.6 is 0 Å². The van der Waals surface area contributed by atoms with Gasteiger partial charge in [0.15, 0.2) is 0 Å². The van der Waals surface area contributed by atoms with E-state index in [1.165, 1.54) is 0 Å². The predicted molar refractivity (Wildman–Crippen MR) is 108 cm³/mol. The molecule has 1 saturated heterocycles.